The maximum Gasteiger partial charge on any atom is 0.147 e. The highest BCUT2D eigenvalue weighted by Crippen LogP contribution is 2.28. The van der Waals surface area contributed by atoms with Crippen molar-refractivity contribution in [2.45, 2.75) is 39.4 Å². The van der Waals surface area contributed by atoms with Crippen molar-refractivity contribution < 1.29 is 13.9 Å². The summed E-state index contributed by atoms with van der Waals surface area (Å²) in [6.07, 6.45) is 0. The summed E-state index contributed by atoms with van der Waals surface area (Å²) < 4.78 is 19.1. The Morgan fingerprint density at radius 2 is 1.93 bits per heavy atom. The number of halogens is 1. The van der Waals surface area contributed by atoms with E-state index in [9.17, 15) is 9.18 Å². The van der Waals surface area contributed by atoms with Crippen molar-refractivity contribution in [1.82, 2.24) is 9.80 Å². The molecular weight excluding hydrogens is 357 g/mol. The largest absolute Gasteiger partial charge is 0.476 e. The van der Waals surface area contributed by atoms with E-state index in [1.165, 1.54) is 12.1 Å². The van der Waals surface area contributed by atoms with E-state index in [-0.39, 0.29) is 17.9 Å². The second-order valence-electron chi connectivity index (χ2n) is 7.30. The van der Waals surface area contributed by atoms with E-state index in [0.717, 1.165) is 17.7 Å². The van der Waals surface area contributed by atoms with Gasteiger partial charge in [-0.2, -0.15) is 0 Å². The third-order valence-electron chi connectivity index (χ3n) is 5.32. The minimum absolute atomic E-state index is 0.0798. The van der Waals surface area contributed by atoms with Gasteiger partial charge in [-0.15, -0.1) is 0 Å². The van der Waals surface area contributed by atoms with Gasteiger partial charge in [0.05, 0.1) is 11.7 Å². The van der Waals surface area contributed by atoms with E-state index < -0.39 is 0 Å². The Balaban J connectivity index is 1.71. The van der Waals surface area contributed by atoms with Crippen molar-refractivity contribution in [2.75, 3.05) is 19.0 Å². The van der Waals surface area contributed by atoms with Gasteiger partial charge in [0, 0.05) is 19.1 Å². The number of rotatable bonds is 5. The molecule has 0 spiro atoms. The highest BCUT2D eigenvalue weighted by atomic mass is 19.1. The van der Waals surface area contributed by atoms with E-state index in [1.807, 2.05) is 36.9 Å². The van der Waals surface area contributed by atoms with Crippen molar-refractivity contribution in [2.24, 2.45) is 0 Å². The van der Waals surface area contributed by atoms with E-state index >= 15 is 0 Å². The van der Waals surface area contributed by atoms with E-state index in [2.05, 4.69) is 17.8 Å². The molecule has 0 unspecified atom stereocenters. The normalized spacial score (nSPS) is 20.1. The second-order valence-corrected chi connectivity index (χ2v) is 7.30. The first kappa shape index (κ1) is 19.9. The lowest BCUT2D eigenvalue weighted by Crippen LogP contribution is -2.55. The standard InChI is InChI=1S/C22H26FN3O2/c1-15-5-4-6-21(22(15)24)28-14-25-11-16(2)26(20(13-27)17(25)3)12-18-7-9-19(23)10-8-18/h4-10,16-17H,11-12,14,24H2,1-3H3/t16-,17+/m1/s1. The zero-order chi connectivity index (χ0) is 20.3. The van der Waals surface area contributed by atoms with Gasteiger partial charge < -0.3 is 15.4 Å². The first-order valence-corrected chi connectivity index (χ1v) is 9.38. The number of anilines is 1. The molecule has 0 radical (unpaired) electrons. The Morgan fingerprint density at radius 1 is 1.21 bits per heavy atom. The molecule has 1 fully saturated rings. The predicted octanol–water partition coefficient (Wildman–Crippen LogP) is 3.36. The summed E-state index contributed by atoms with van der Waals surface area (Å²) in [5.41, 5.74) is 9.21. The number of aryl methyl sites for hydroxylation is 1. The zero-order valence-electron chi connectivity index (χ0n) is 16.5. The second kappa shape index (κ2) is 8.46. The van der Waals surface area contributed by atoms with Crippen LogP contribution < -0.4 is 10.5 Å². The summed E-state index contributed by atoms with van der Waals surface area (Å²) in [4.78, 5) is 15.9. The quantitative estimate of drug-likeness (QED) is 0.634. The molecule has 1 heterocycles. The minimum Gasteiger partial charge on any atom is -0.476 e. The van der Waals surface area contributed by atoms with Gasteiger partial charge in [-0.3, -0.25) is 4.90 Å². The molecule has 2 aromatic carbocycles. The van der Waals surface area contributed by atoms with Crippen LogP contribution in [0.2, 0.25) is 0 Å². The number of nitrogens with zero attached hydrogens (tertiary/aromatic N) is 2. The van der Waals surface area contributed by atoms with E-state index in [0.29, 0.717) is 30.4 Å². The molecule has 148 valence electrons. The molecule has 0 saturated carbocycles. The molecular formula is C22H26FN3O2. The van der Waals surface area contributed by atoms with Gasteiger partial charge in [-0.1, -0.05) is 24.3 Å². The Labute approximate surface area is 165 Å². The van der Waals surface area contributed by atoms with Gasteiger partial charge in [-0.25, -0.2) is 9.18 Å². The minimum atomic E-state index is -0.270. The van der Waals surface area contributed by atoms with Crippen LogP contribution in [-0.2, 0) is 11.3 Å². The smallest absolute Gasteiger partial charge is 0.147 e. The predicted molar refractivity (Wildman–Crippen MR) is 108 cm³/mol. The molecule has 2 N–H and O–H groups in total. The lowest BCUT2D eigenvalue weighted by Gasteiger charge is -2.45. The molecule has 0 aromatic heterocycles. The first-order chi connectivity index (χ1) is 13.4. The lowest BCUT2D eigenvalue weighted by atomic mass is 10.0. The monoisotopic (exact) mass is 383 g/mol. The SMILES string of the molecule is Cc1cccc(OCN2C[C@@H](C)N(Cc3ccc(F)cc3)C(=C=O)[C@@H]2C)c1N. The van der Waals surface area contributed by atoms with Crippen LogP contribution in [-0.4, -0.2) is 41.1 Å². The third-order valence-corrected chi connectivity index (χ3v) is 5.32. The van der Waals surface area contributed by atoms with Crippen LogP contribution in [0, 0.1) is 12.7 Å². The number of carbonyl (C=O) groups excluding carboxylic acids is 1. The Bertz CT molecular complexity index is 878. The van der Waals surface area contributed by atoms with Crippen LogP contribution in [0.3, 0.4) is 0 Å². The number of ether oxygens (including phenoxy) is 1. The van der Waals surface area contributed by atoms with Crippen LogP contribution in [0.4, 0.5) is 10.1 Å². The molecule has 2 atom stereocenters. The molecule has 6 heteroatoms. The summed E-state index contributed by atoms with van der Waals surface area (Å²) in [5.74, 6) is 2.49. The molecule has 1 aliphatic heterocycles. The fraction of sp³-hybridized carbons (Fsp3) is 0.364. The maximum atomic E-state index is 13.2. The first-order valence-electron chi connectivity index (χ1n) is 9.38. The van der Waals surface area contributed by atoms with Gasteiger partial charge in [0.25, 0.3) is 0 Å². The van der Waals surface area contributed by atoms with Crippen molar-refractivity contribution in [3.05, 3.63) is 65.1 Å². The number of nitrogen functional groups attached to an aromatic ring is 1. The van der Waals surface area contributed by atoms with Gasteiger partial charge in [-0.05, 0) is 50.1 Å². The number of piperazine rings is 1. The van der Waals surface area contributed by atoms with Crippen LogP contribution in [0.1, 0.15) is 25.0 Å². The van der Waals surface area contributed by atoms with Crippen LogP contribution >= 0.6 is 0 Å². The summed E-state index contributed by atoms with van der Waals surface area (Å²) >= 11 is 0. The average molecular weight is 383 g/mol. The van der Waals surface area contributed by atoms with Crippen molar-refractivity contribution in [3.63, 3.8) is 0 Å². The molecule has 5 nitrogen and oxygen atoms in total. The van der Waals surface area contributed by atoms with Crippen molar-refractivity contribution >= 4 is 11.6 Å². The fourth-order valence-corrected chi connectivity index (χ4v) is 3.51. The van der Waals surface area contributed by atoms with Gasteiger partial charge in [0.15, 0.2) is 0 Å². The van der Waals surface area contributed by atoms with Crippen molar-refractivity contribution in [3.8, 4) is 5.75 Å². The number of nitrogens with two attached hydrogens (primary N) is 1. The number of para-hydroxylation sites is 1. The highest BCUT2D eigenvalue weighted by molar-refractivity contribution is 5.58. The van der Waals surface area contributed by atoms with Crippen LogP contribution in [0.25, 0.3) is 0 Å². The van der Waals surface area contributed by atoms with E-state index in [1.54, 1.807) is 12.1 Å². The van der Waals surface area contributed by atoms with E-state index in [4.69, 9.17) is 10.5 Å². The van der Waals surface area contributed by atoms with Gasteiger partial charge in [0.1, 0.15) is 29.9 Å². The van der Waals surface area contributed by atoms with Gasteiger partial charge >= 0.3 is 0 Å². The Kier molecular flexibility index (Phi) is 6.02. The molecule has 0 amide bonds. The third kappa shape index (κ3) is 4.19. The van der Waals surface area contributed by atoms with Crippen LogP contribution in [0.15, 0.2) is 48.2 Å². The maximum absolute atomic E-state index is 13.2. The highest BCUT2D eigenvalue weighted by Gasteiger charge is 2.34. The number of hydrogen-bond acceptors (Lipinski definition) is 5. The molecule has 0 aliphatic carbocycles. The summed E-state index contributed by atoms with van der Waals surface area (Å²) in [6, 6.07) is 12.0. The fourth-order valence-electron chi connectivity index (χ4n) is 3.51. The Hall–Kier alpha value is -2.82. The topological polar surface area (TPSA) is 58.8 Å². The molecule has 1 saturated heterocycles. The molecule has 1 aliphatic rings. The Morgan fingerprint density at radius 3 is 2.61 bits per heavy atom. The summed E-state index contributed by atoms with van der Waals surface area (Å²) in [7, 11) is 0. The summed E-state index contributed by atoms with van der Waals surface area (Å²) in [5, 5.41) is 0. The average Bonchev–Trinajstić information content (AvgIpc) is 2.68. The lowest BCUT2D eigenvalue weighted by molar-refractivity contribution is 0.0288. The van der Waals surface area contributed by atoms with Crippen molar-refractivity contribution in [1.29, 1.82) is 0 Å². The summed E-state index contributed by atoms with van der Waals surface area (Å²) in [6.45, 7) is 7.55. The molecule has 3 rings (SSSR count). The number of hydrogen-bond donors (Lipinski definition) is 1. The van der Waals surface area contributed by atoms with Crippen LogP contribution in [0.5, 0.6) is 5.75 Å². The van der Waals surface area contributed by atoms with Gasteiger partial charge in [0.2, 0.25) is 0 Å². The molecule has 2 aromatic rings. The zero-order valence-corrected chi connectivity index (χ0v) is 16.5. The number of benzene rings is 2. The molecule has 28 heavy (non-hydrogen) atoms. The molecule has 0 bridgehead atoms.